The third-order valence-corrected chi connectivity index (χ3v) is 4.69. The molecule has 0 fully saturated rings. The summed E-state index contributed by atoms with van der Waals surface area (Å²) in [6, 6.07) is 11.7. The summed E-state index contributed by atoms with van der Waals surface area (Å²) in [5, 5.41) is 4.34. The van der Waals surface area contributed by atoms with Gasteiger partial charge >= 0.3 is 5.97 Å². The molecule has 3 aromatic rings. The van der Waals surface area contributed by atoms with Gasteiger partial charge in [0.2, 0.25) is 0 Å². The second-order valence-electron chi connectivity index (χ2n) is 6.61. The highest BCUT2D eigenvalue weighted by molar-refractivity contribution is 6.09. The van der Waals surface area contributed by atoms with E-state index in [1.54, 1.807) is 28.9 Å². The van der Waals surface area contributed by atoms with Crippen molar-refractivity contribution in [3.8, 4) is 5.75 Å². The molecule has 0 aliphatic carbocycles. The minimum atomic E-state index is -0.393. The van der Waals surface area contributed by atoms with Crippen LogP contribution < -0.4 is 4.74 Å². The summed E-state index contributed by atoms with van der Waals surface area (Å²) >= 11 is 0. The number of ether oxygens (including phenoxy) is 1. The first-order valence-corrected chi connectivity index (χ1v) is 8.95. The van der Waals surface area contributed by atoms with Crippen LogP contribution in [0.1, 0.15) is 39.3 Å². The molecule has 28 heavy (non-hydrogen) atoms. The summed E-state index contributed by atoms with van der Waals surface area (Å²) in [6.07, 6.45) is 0.801. The van der Waals surface area contributed by atoms with Gasteiger partial charge in [0.05, 0.1) is 12.1 Å². The Hall–Kier alpha value is -3.28. The molecule has 0 unspecified atom stereocenters. The molecule has 0 aliphatic heterocycles. The van der Waals surface area contributed by atoms with Gasteiger partial charge in [0, 0.05) is 23.9 Å². The maximum absolute atomic E-state index is 13.0. The first-order chi connectivity index (χ1) is 13.3. The van der Waals surface area contributed by atoms with Crippen LogP contribution in [-0.2, 0) is 18.3 Å². The molecule has 0 spiro atoms. The van der Waals surface area contributed by atoms with Gasteiger partial charge in [-0.15, -0.1) is 0 Å². The van der Waals surface area contributed by atoms with E-state index in [-0.39, 0.29) is 18.2 Å². The van der Waals surface area contributed by atoms with Crippen LogP contribution in [0.4, 0.5) is 4.39 Å². The highest BCUT2D eigenvalue weighted by Crippen LogP contribution is 2.18. The summed E-state index contributed by atoms with van der Waals surface area (Å²) in [5.74, 6) is -0.587. The SMILES string of the molecule is Cc1nn(C)c(C)c1CCC(=O)Oc1ccc(C(=O)c2ccc(F)cc2)cc1. The fraction of sp³-hybridized carbons (Fsp3) is 0.227. The molecular formula is C22H21FN2O3. The van der Waals surface area contributed by atoms with E-state index in [0.717, 1.165) is 17.0 Å². The molecule has 6 heteroatoms. The third-order valence-electron chi connectivity index (χ3n) is 4.69. The number of esters is 1. The van der Waals surface area contributed by atoms with Gasteiger partial charge in [-0.1, -0.05) is 0 Å². The van der Waals surface area contributed by atoms with Crippen molar-refractivity contribution < 1.29 is 18.7 Å². The number of halogens is 1. The highest BCUT2D eigenvalue weighted by atomic mass is 19.1. The molecule has 0 radical (unpaired) electrons. The second-order valence-corrected chi connectivity index (χ2v) is 6.61. The quantitative estimate of drug-likeness (QED) is 0.369. The predicted molar refractivity (Wildman–Crippen MR) is 103 cm³/mol. The number of carbonyl (C=O) groups excluding carboxylic acids is 2. The van der Waals surface area contributed by atoms with E-state index >= 15 is 0 Å². The smallest absolute Gasteiger partial charge is 0.311 e. The van der Waals surface area contributed by atoms with Crippen LogP contribution in [0.25, 0.3) is 0 Å². The second kappa shape index (κ2) is 8.17. The molecule has 0 aliphatic rings. The van der Waals surface area contributed by atoms with Crippen LogP contribution in [0.3, 0.4) is 0 Å². The van der Waals surface area contributed by atoms with Crippen molar-refractivity contribution in [1.29, 1.82) is 0 Å². The van der Waals surface area contributed by atoms with Gasteiger partial charge in [0.1, 0.15) is 11.6 Å². The molecule has 0 N–H and O–H groups in total. The highest BCUT2D eigenvalue weighted by Gasteiger charge is 2.13. The Morgan fingerprint density at radius 1 is 1.00 bits per heavy atom. The van der Waals surface area contributed by atoms with E-state index in [9.17, 15) is 14.0 Å². The lowest BCUT2D eigenvalue weighted by Crippen LogP contribution is -2.10. The zero-order valence-electron chi connectivity index (χ0n) is 16.0. The minimum Gasteiger partial charge on any atom is -0.427 e. The molecular weight excluding hydrogens is 359 g/mol. The average Bonchev–Trinajstić information content (AvgIpc) is 2.92. The van der Waals surface area contributed by atoms with Crippen LogP contribution in [0.2, 0.25) is 0 Å². The molecule has 1 heterocycles. The monoisotopic (exact) mass is 380 g/mol. The van der Waals surface area contributed by atoms with Gasteiger partial charge in [-0.2, -0.15) is 5.10 Å². The van der Waals surface area contributed by atoms with Crippen molar-refractivity contribution in [3.63, 3.8) is 0 Å². The van der Waals surface area contributed by atoms with Crippen LogP contribution >= 0.6 is 0 Å². The van der Waals surface area contributed by atoms with Crippen molar-refractivity contribution in [2.75, 3.05) is 0 Å². The number of hydrogen-bond donors (Lipinski definition) is 0. The first-order valence-electron chi connectivity index (χ1n) is 8.95. The largest absolute Gasteiger partial charge is 0.427 e. The number of nitrogens with zero attached hydrogens (tertiary/aromatic N) is 2. The maximum atomic E-state index is 13.0. The summed E-state index contributed by atoms with van der Waals surface area (Å²) < 4.78 is 20.1. The van der Waals surface area contributed by atoms with Gasteiger partial charge in [-0.05, 0) is 74.4 Å². The number of benzene rings is 2. The molecule has 0 saturated heterocycles. The summed E-state index contributed by atoms with van der Waals surface area (Å²) in [4.78, 5) is 24.5. The molecule has 3 rings (SSSR count). The summed E-state index contributed by atoms with van der Waals surface area (Å²) in [7, 11) is 1.87. The molecule has 0 bridgehead atoms. The number of aromatic nitrogens is 2. The Kier molecular flexibility index (Phi) is 5.68. The van der Waals surface area contributed by atoms with Crippen molar-refractivity contribution in [2.24, 2.45) is 7.05 Å². The normalized spacial score (nSPS) is 10.7. The van der Waals surface area contributed by atoms with Crippen molar-refractivity contribution in [2.45, 2.75) is 26.7 Å². The lowest BCUT2D eigenvalue weighted by Gasteiger charge is -2.06. The predicted octanol–water partition coefficient (Wildman–Crippen LogP) is 3.95. The zero-order valence-corrected chi connectivity index (χ0v) is 16.0. The number of aryl methyl sites for hydroxylation is 2. The molecule has 1 aromatic heterocycles. The number of ketones is 1. The zero-order chi connectivity index (χ0) is 20.3. The Morgan fingerprint density at radius 2 is 1.57 bits per heavy atom. The van der Waals surface area contributed by atoms with E-state index in [1.165, 1.54) is 24.3 Å². The lowest BCUT2D eigenvalue weighted by molar-refractivity contribution is -0.134. The van der Waals surface area contributed by atoms with Crippen LogP contribution in [0, 0.1) is 19.7 Å². The fourth-order valence-electron chi connectivity index (χ4n) is 3.03. The van der Waals surface area contributed by atoms with Gasteiger partial charge in [-0.25, -0.2) is 4.39 Å². The lowest BCUT2D eigenvalue weighted by atomic mass is 10.0. The van der Waals surface area contributed by atoms with Crippen LogP contribution in [0.15, 0.2) is 48.5 Å². The van der Waals surface area contributed by atoms with E-state index in [2.05, 4.69) is 5.10 Å². The Morgan fingerprint density at radius 3 is 2.11 bits per heavy atom. The van der Waals surface area contributed by atoms with Gasteiger partial charge in [-0.3, -0.25) is 14.3 Å². The van der Waals surface area contributed by atoms with E-state index in [1.807, 2.05) is 20.9 Å². The third kappa shape index (κ3) is 4.34. The molecule has 0 atom stereocenters. The molecule has 0 saturated carbocycles. The fourth-order valence-corrected chi connectivity index (χ4v) is 3.03. The maximum Gasteiger partial charge on any atom is 0.311 e. The van der Waals surface area contributed by atoms with Crippen LogP contribution in [0.5, 0.6) is 5.75 Å². The van der Waals surface area contributed by atoms with Gasteiger partial charge < -0.3 is 4.74 Å². The van der Waals surface area contributed by atoms with Crippen molar-refractivity contribution in [1.82, 2.24) is 9.78 Å². The summed E-state index contributed by atoms with van der Waals surface area (Å²) in [5.41, 5.74) is 3.84. The minimum absolute atomic E-state index is 0.222. The van der Waals surface area contributed by atoms with E-state index in [4.69, 9.17) is 4.74 Å². The van der Waals surface area contributed by atoms with Gasteiger partial charge in [0.15, 0.2) is 5.78 Å². The topological polar surface area (TPSA) is 61.2 Å². The van der Waals surface area contributed by atoms with Gasteiger partial charge in [0.25, 0.3) is 0 Å². The van der Waals surface area contributed by atoms with E-state index < -0.39 is 5.82 Å². The summed E-state index contributed by atoms with van der Waals surface area (Å²) in [6.45, 7) is 3.89. The first kappa shape index (κ1) is 19.5. The standard InChI is InChI=1S/C22H21FN2O3/c1-14-20(15(2)25(3)24-14)12-13-21(26)28-19-10-6-17(7-11-19)22(27)16-4-8-18(23)9-5-16/h4-11H,12-13H2,1-3H3. The number of hydrogen-bond acceptors (Lipinski definition) is 4. The van der Waals surface area contributed by atoms with Crippen molar-refractivity contribution in [3.05, 3.63) is 82.4 Å². The molecule has 5 nitrogen and oxygen atoms in total. The van der Waals surface area contributed by atoms with Crippen molar-refractivity contribution >= 4 is 11.8 Å². The van der Waals surface area contributed by atoms with E-state index in [0.29, 0.717) is 23.3 Å². The number of rotatable bonds is 6. The molecule has 144 valence electrons. The Balaban J connectivity index is 1.60. The number of carbonyl (C=O) groups is 2. The van der Waals surface area contributed by atoms with Crippen LogP contribution in [-0.4, -0.2) is 21.5 Å². The Labute approximate surface area is 162 Å². The Bertz CT molecular complexity index is 1010. The molecule has 0 amide bonds. The molecule has 2 aromatic carbocycles. The average molecular weight is 380 g/mol.